The molecule has 0 aliphatic carbocycles. The molecule has 0 N–H and O–H groups in total. The number of benzene rings is 2. The molecule has 19 heavy (non-hydrogen) atoms. The molecule has 0 aliphatic rings. The summed E-state index contributed by atoms with van der Waals surface area (Å²) in [6, 6.07) is 14.5. The lowest BCUT2D eigenvalue weighted by Gasteiger charge is -2.25. The first-order valence-electron chi connectivity index (χ1n) is 6.98. The van der Waals surface area contributed by atoms with Gasteiger partial charge in [-0.15, -0.1) is 0 Å². The van der Waals surface area contributed by atoms with Crippen LogP contribution in [0.3, 0.4) is 0 Å². The summed E-state index contributed by atoms with van der Waals surface area (Å²) in [4.78, 5) is 2.42. The third kappa shape index (κ3) is 2.71. The van der Waals surface area contributed by atoms with Crippen LogP contribution in [0, 0.1) is 11.3 Å². The summed E-state index contributed by atoms with van der Waals surface area (Å²) in [5, 5.41) is 11.4. The van der Waals surface area contributed by atoms with Crippen molar-refractivity contribution in [3.05, 3.63) is 42.0 Å². The van der Waals surface area contributed by atoms with Crippen molar-refractivity contribution in [1.82, 2.24) is 0 Å². The lowest BCUT2D eigenvalue weighted by Crippen LogP contribution is -2.25. The molecule has 0 unspecified atom stereocenters. The predicted molar refractivity (Wildman–Crippen MR) is 81.5 cm³/mol. The van der Waals surface area contributed by atoms with Crippen molar-refractivity contribution in [1.29, 1.82) is 5.26 Å². The Kier molecular flexibility index (Phi) is 4.41. The van der Waals surface area contributed by atoms with E-state index in [1.54, 1.807) is 0 Å². The first-order valence-corrected chi connectivity index (χ1v) is 6.98. The minimum atomic E-state index is 0.757. The molecule has 0 aliphatic heterocycles. The number of anilines is 1. The zero-order valence-corrected chi connectivity index (χ0v) is 11.7. The maximum absolute atomic E-state index is 9.21. The van der Waals surface area contributed by atoms with Crippen LogP contribution < -0.4 is 4.90 Å². The molecular formula is C17H20N2. The second kappa shape index (κ2) is 6.24. The van der Waals surface area contributed by atoms with Gasteiger partial charge in [0, 0.05) is 29.5 Å². The Morgan fingerprint density at radius 2 is 1.58 bits per heavy atom. The van der Waals surface area contributed by atoms with Gasteiger partial charge in [-0.1, -0.05) is 38.1 Å². The maximum Gasteiger partial charge on any atom is 0.0998 e. The third-order valence-corrected chi connectivity index (χ3v) is 3.35. The van der Waals surface area contributed by atoms with Gasteiger partial charge in [-0.3, -0.25) is 0 Å². The molecule has 0 bridgehead atoms. The molecule has 2 aromatic rings. The lowest BCUT2D eigenvalue weighted by molar-refractivity contribution is 0.747. The molecule has 0 atom stereocenters. The van der Waals surface area contributed by atoms with E-state index < -0.39 is 0 Å². The monoisotopic (exact) mass is 252 g/mol. The zero-order chi connectivity index (χ0) is 13.7. The van der Waals surface area contributed by atoms with Gasteiger partial charge in [0.05, 0.1) is 11.6 Å². The molecule has 2 aromatic carbocycles. The molecule has 0 fully saturated rings. The standard InChI is InChI=1S/C17H20N2/c1-3-11-19(12-4-2)17-10-9-14(13-18)15-7-5-6-8-16(15)17/h5-10H,3-4,11-12H2,1-2H3. The minimum absolute atomic E-state index is 0.757. The fraction of sp³-hybridized carbons (Fsp3) is 0.353. The molecule has 0 aromatic heterocycles. The Morgan fingerprint density at radius 1 is 0.947 bits per heavy atom. The fourth-order valence-corrected chi connectivity index (χ4v) is 2.55. The second-order valence-electron chi connectivity index (χ2n) is 4.78. The highest BCUT2D eigenvalue weighted by atomic mass is 15.1. The molecule has 2 rings (SSSR count). The Bertz CT molecular complexity index is 590. The van der Waals surface area contributed by atoms with Crippen LogP contribution in [-0.4, -0.2) is 13.1 Å². The van der Waals surface area contributed by atoms with Gasteiger partial charge in [-0.2, -0.15) is 5.26 Å². The molecular weight excluding hydrogens is 232 g/mol. The van der Waals surface area contributed by atoms with Gasteiger partial charge in [0.15, 0.2) is 0 Å². The van der Waals surface area contributed by atoms with Crippen molar-refractivity contribution in [2.75, 3.05) is 18.0 Å². The Balaban J connectivity index is 2.57. The summed E-state index contributed by atoms with van der Waals surface area (Å²) in [6.45, 7) is 6.52. The Hall–Kier alpha value is -2.01. The van der Waals surface area contributed by atoms with Crippen molar-refractivity contribution in [2.45, 2.75) is 26.7 Å². The number of hydrogen-bond donors (Lipinski definition) is 0. The van der Waals surface area contributed by atoms with Crippen LogP contribution in [0.5, 0.6) is 0 Å². The summed E-state index contributed by atoms with van der Waals surface area (Å²) in [5.41, 5.74) is 2.01. The molecule has 2 nitrogen and oxygen atoms in total. The molecule has 0 spiro atoms. The maximum atomic E-state index is 9.21. The largest absolute Gasteiger partial charge is 0.371 e. The fourth-order valence-electron chi connectivity index (χ4n) is 2.55. The van der Waals surface area contributed by atoms with E-state index in [0.29, 0.717) is 0 Å². The summed E-state index contributed by atoms with van der Waals surface area (Å²) in [7, 11) is 0. The minimum Gasteiger partial charge on any atom is -0.371 e. The number of nitrogens with zero attached hydrogens (tertiary/aromatic N) is 2. The smallest absolute Gasteiger partial charge is 0.0998 e. The van der Waals surface area contributed by atoms with Crippen LogP contribution >= 0.6 is 0 Å². The van der Waals surface area contributed by atoms with Crippen LogP contribution in [-0.2, 0) is 0 Å². The van der Waals surface area contributed by atoms with E-state index in [4.69, 9.17) is 0 Å². The van der Waals surface area contributed by atoms with Crippen molar-refractivity contribution in [3.63, 3.8) is 0 Å². The average molecular weight is 252 g/mol. The zero-order valence-electron chi connectivity index (χ0n) is 11.7. The number of fused-ring (bicyclic) bond motifs is 1. The van der Waals surface area contributed by atoms with Gasteiger partial charge in [0.1, 0.15) is 0 Å². The molecule has 0 amide bonds. The van der Waals surface area contributed by atoms with E-state index in [1.165, 1.54) is 11.1 Å². The molecule has 98 valence electrons. The topological polar surface area (TPSA) is 27.0 Å². The van der Waals surface area contributed by atoms with Crippen molar-refractivity contribution < 1.29 is 0 Å². The van der Waals surface area contributed by atoms with Crippen LogP contribution in [0.1, 0.15) is 32.3 Å². The van der Waals surface area contributed by atoms with Crippen molar-refractivity contribution >= 4 is 16.5 Å². The highest BCUT2D eigenvalue weighted by molar-refractivity contribution is 5.97. The van der Waals surface area contributed by atoms with Crippen molar-refractivity contribution in [2.24, 2.45) is 0 Å². The molecule has 0 saturated heterocycles. The number of rotatable bonds is 5. The first-order chi connectivity index (χ1) is 9.31. The first kappa shape index (κ1) is 13.4. The molecule has 0 saturated carbocycles. The van der Waals surface area contributed by atoms with E-state index >= 15 is 0 Å². The van der Waals surface area contributed by atoms with Crippen molar-refractivity contribution in [3.8, 4) is 6.07 Å². The lowest BCUT2D eigenvalue weighted by atomic mass is 10.0. The van der Waals surface area contributed by atoms with Gasteiger partial charge >= 0.3 is 0 Å². The quantitative estimate of drug-likeness (QED) is 0.791. The summed E-state index contributed by atoms with van der Waals surface area (Å²) in [6.07, 6.45) is 2.27. The molecule has 2 heteroatoms. The van der Waals surface area contributed by atoms with E-state index in [0.717, 1.165) is 36.9 Å². The summed E-state index contributed by atoms with van der Waals surface area (Å²) in [5.74, 6) is 0. The predicted octanol–water partition coefficient (Wildman–Crippen LogP) is 4.34. The van der Waals surface area contributed by atoms with Gasteiger partial charge < -0.3 is 4.90 Å². The normalized spacial score (nSPS) is 10.4. The van der Waals surface area contributed by atoms with E-state index in [-0.39, 0.29) is 0 Å². The Morgan fingerprint density at radius 3 is 2.16 bits per heavy atom. The number of nitriles is 1. The third-order valence-electron chi connectivity index (χ3n) is 3.35. The van der Waals surface area contributed by atoms with Crippen LogP contribution in [0.2, 0.25) is 0 Å². The van der Waals surface area contributed by atoms with Crippen LogP contribution in [0.25, 0.3) is 10.8 Å². The Labute approximate surface area is 115 Å². The van der Waals surface area contributed by atoms with Crippen LogP contribution in [0.15, 0.2) is 36.4 Å². The van der Waals surface area contributed by atoms with Gasteiger partial charge in [-0.25, -0.2) is 0 Å². The van der Waals surface area contributed by atoms with Gasteiger partial charge in [0.2, 0.25) is 0 Å². The highest BCUT2D eigenvalue weighted by Gasteiger charge is 2.10. The van der Waals surface area contributed by atoms with Gasteiger partial charge in [0.25, 0.3) is 0 Å². The van der Waals surface area contributed by atoms with E-state index in [9.17, 15) is 5.26 Å². The SMILES string of the molecule is CCCN(CCC)c1ccc(C#N)c2ccccc12. The number of hydrogen-bond acceptors (Lipinski definition) is 2. The van der Waals surface area contributed by atoms with E-state index in [2.05, 4.69) is 36.9 Å². The highest BCUT2D eigenvalue weighted by Crippen LogP contribution is 2.29. The van der Waals surface area contributed by atoms with Crippen LogP contribution in [0.4, 0.5) is 5.69 Å². The average Bonchev–Trinajstić information content (AvgIpc) is 2.46. The second-order valence-corrected chi connectivity index (χ2v) is 4.78. The summed E-state index contributed by atoms with van der Waals surface area (Å²) < 4.78 is 0. The van der Waals surface area contributed by atoms with E-state index in [1.807, 2.05) is 24.3 Å². The van der Waals surface area contributed by atoms with Gasteiger partial charge in [-0.05, 0) is 25.0 Å². The molecule has 0 radical (unpaired) electrons. The molecule has 0 heterocycles. The summed E-state index contributed by atoms with van der Waals surface area (Å²) >= 11 is 0.